The molecule has 14 heavy (non-hydrogen) atoms. The Hall–Kier alpha value is -1.67. The lowest BCUT2D eigenvalue weighted by Crippen LogP contribution is -2.19. The third-order valence-electron chi connectivity index (χ3n) is 1.27. The Morgan fingerprint density at radius 3 is 2.43 bits per heavy atom. The van der Waals surface area contributed by atoms with E-state index < -0.39 is 26.7 Å². The Labute approximate surface area is 79.5 Å². The van der Waals surface area contributed by atoms with E-state index in [9.17, 15) is 18.5 Å². The summed E-state index contributed by atoms with van der Waals surface area (Å²) in [6, 6.07) is 5.03. The van der Waals surface area contributed by atoms with Crippen LogP contribution in [0.2, 0.25) is 0 Å². The van der Waals surface area contributed by atoms with Crippen molar-refractivity contribution in [2.24, 2.45) is 5.14 Å². The molecule has 0 bridgehead atoms. The summed E-state index contributed by atoms with van der Waals surface area (Å²) < 4.78 is 25.2. The fourth-order valence-corrected chi connectivity index (χ4v) is 1.19. The molecule has 0 heterocycles. The second kappa shape index (κ2) is 3.60. The molecule has 0 spiro atoms. The van der Waals surface area contributed by atoms with Crippen molar-refractivity contribution in [2.45, 2.75) is 0 Å². The van der Waals surface area contributed by atoms with Crippen molar-refractivity contribution in [1.29, 1.82) is 0 Å². The van der Waals surface area contributed by atoms with Gasteiger partial charge in [-0.1, -0.05) is 12.1 Å². The van der Waals surface area contributed by atoms with Crippen LogP contribution < -0.4 is 9.32 Å². The molecule has 0 atom stereocenters. The number of benzene rings is 1. The highest BCUT2D eigenvalue weighted by Crippen LogP contribution is 2.26. The lowest BCUT2D eigenvalue weighted by atomic mass is 10.3. The molecule has 0 aromatic heterocycles. The molecule has 0 aliphatic heterocycles. The highest BCUT2D eigenvalue weighted by molar-refractivity contribution is 7.84. The average Bonchev–Trinajstić information content (AvgIpc) is 2.01. The van der Waals surface area contributed by atoms with Crippen molar-refractivity contribution >= 4 is 16.0 Å². The van der Waals surface area contributed by atoms with Crippen LogP contribution in [0.3, 0.4) is 0 Å². The maximum Gasteiger partial charge on any atom is 0.380 e. The smallest absolute Gasteiger partial charge is 0.364 e. The van der Waals surface area contributed by atoms with Gasteiger partial charge in [-0.05, 0) is 6.07 Å². The minimum absolute atomic E-state index is 0.403. The van der Waals surface area contributed by atoms with Crippen LogP contribution in [0.4, 0.5) is 5.69 Å². The predicted octanol–water partition coefficient (Wildman–Crippen LogP) is 0.177. The van der Waals surface area contributed by atoms with E-state index in [-0.39, 0.29) is 0 Å². The topological polar surface area (TPSA) is 113 Å². The lowest BCUT2D eigenvalue weighted by molar-refractivity contribution is -0.385. The molecule has 0 fully saturated rings. The Balaban J connectivity index is 3.15. The summed E-state index contributed by atoms with van der Waals surface area (Å²) in [6.07, 6.45) is 0. The van der Waals surface area contributed by atoms with Crippen LogP contribution in [0.1, 0.15) is 0 Å². The fraction of sp³-hybridized carbons (Fsp3) is 0. The molecule has 1 aromatic rings. The number of nitrogens with zero attached hydrogens (tertiary/aromatic N) is 1. The van der Waals surface area contributed by atoms with Crippen LogP contribution in [-0.4, -0.2) is 13.3 Å². The minimum atomic E-state index is -4.24. The number of hydrogen-bond donors (Lipinski definition) is 1. The molecular weight excluding hydrogens is 212 g/mol. The van der Waals surface area contributed by atoms with Crippen LogP contribution in [0.5, 0.6) is 5.75 Å². The van der Waals surface area contributed by atoms with Gasteiger partial charge in [0.05, 0.1) is 4.92 Å². The molecule has 0 saturated carbocycles. The van der Waals surface area contributed by atoms with Gasteiger partial charge >= 0.3 is 16.0 Å². The van der Waals surface area contributed by atoms with Crippen molar-refractivity contribution in [3.63, 3.8) is 0 Å². The summed E-state index contributed by atoms with van der Waals surface area (Å²) in [7, 11) is -4.24. The molecule has 7 nitrogen and oxygen atoms in total. The van der Waals surface area contributed by atoms with Gasteiger partial charge in [0.2, 0.25) is 5.75 Å². The summed E-state index contributed by atoms with van der Waals surface area (Å²) in [5, 5.41) is 15.0. The Morgan fingerprint density at radius 1 is 1.36 bits per heavy atom. The van der Waals surface area contributed by atoms with Crippen molar-refractivity contribution in [3.8, 4) is 5.75 Å². The van der Waals surface area contributed by atoms with Crippen molar-refractivity contribution in [1.82, 2.24) is 0 Å². The number of nitrogens with two attached hydrogens (primary N) is 1. The van der Waals surface area contributed by atoms with Gasteiger partial charge < -0.3 is 4.18 Å². The van der Waals surface area contributed by atoms with E-state index in [1.807, 2.05) is 0 Å². The van der Waals surface area contributed by atoms with Crippen LogP contribution in [0.25, 0.3) is 0 Å². The normalized spacial score (nSPS) is 10.9. The van der Waals surface area contributed by atoms with E-state index in [1.54, 1.807) is 0 Å². The van der Waals surface area contributed by atoms with Crippen molar-refractivity contribution in [2.75, 3.05) is 0 Å². The number of hydrogen-bond acceptors (Lipinski definition) is 5. The molecule has 8 heteroatoms. The SMILES string of the molecule is NS(=O)(=O)Oc1ccccc1[N+](=O)[O-]. The molecular formula is C6H6N2O5S. The highest BCUT2D eigenvalue weighted by Gasteiger charge is 2.17. The molecule has 0 radical (unpaired) electrons. The first kappa shape index (κ1) is 10.4. The van der Waals surface area contributed by atoms with Crippen LogP contribution in [0, 0.1) is 10.1 Å². The quantitative estimate of drug-likeness (QED) is 0.574. The summed E-state index contributed by atoms with van der Waals surface area (Å²) in [4.78, 5) is 9.63. The number of para-hydroxylation sites is 2. The molecule has 0 aliphatic rings. The standard InChI is InChI=1S/C6H6N2O5S/c7-14(11,12)13-6-4-2-1-3-5(6)8(9)10/h1-4H,(H2,7,11,12). The van der Waals surface area contributed by atoms with Gasteiger partial charge in [-0.15, -0.1) is 0 Å². The van der Waals surface area contributed by atoms with E-state index >= 15 is 0 Å². The Bertz CT molecular complexity index is 455. The first-order valence-corrected chi connectivity index (χ1v) is 4.83. The van der Waals surface area contributed by atoms with Crippen LogP contribution in [-0.2, 0) is 10.3 Å². The minimum Gasteiger partial charge on any atom is -0.364 e. The van der Waals surface area contributed by atoms with Crippen molar-refractivity contribution < 1.29 is 17.5 Å². The second-order valence-corrected chi connectivity index (χ2v) is 3.45. The Morgan fingerprint density at radius 2 is 1.93 bits per heavy atom. The first-order valence-electron chi connectivity index (χ1n) is 3.36. The molecule has 0 aliphatic carbocycles. The average molecular weight is 218 g/mol. The zero-order valence-electron chi connectivity index (χ0n) is 6.78. The van der Waals surface area contributed by atoms with Crippen LogP contribution in [0.15, 0.2) is 24.3 Å². The van der Waals surface area contributed by atoms with Gasteiger partial charge in [0, 0.05) is 6.07 Å². The van der Waals surface area contributed by atoms with Gasteiger partial charge in [-0.25, -0.2) is 0 Å². The second-order valence-electron chi connectivity index (χ2n) is 2.30. The van der Waals surface area contributed by atoms with E-state index in [1.165, 1.54) is 12.1 Å². The fourth-order valence-electron chi connectivity index (χ4n) is 0.804. The van der Waals surface area contributed by atoms with E-state index in [2.05, 4.69) is 9.32 Å². The third kappa shape index (κ3) is 2.68. The van der Waals surface area contributed by atoms with Crippen LogP contribution >= 0.6 is 0 Å². The van der Waals surface area contributed by atoms with Gasteiger partial charge in [-0.2, -0.15) is 13.6 Å². The molecule has 76 valence electrons. The molecule has 0 unspecified atom stereocenters. The van der Waals surface area contributed by atoms with E-state index in [0.717, 1.165) is 12.1 Å². The monoisotopic (exact) mass is 218 g/mol. The zero-order valence-corrected chi connectivity index (χ0v) is 7.60. The highest BCUT2D eigenvalue weighted by atomic mass is 32.2. The van der Waals surface area contributed by atoms with Gasteiger partial charge in [-0.3, -0.25) is 10.1 Å². The van der Waals surface area contributed by atoms with E-state index in [0.29, 0.717) is 0 Å². The predicted molar refractivity (Wildman–Crippen MR) is 46.8 cm³/mol. The maximum absolute atomic E-state index is 10.5. The molecule has 1 aromatic carbocycles. The van der Waals surface area contributed by atoms with Gasteiger partial charge in [0.15, 0.2) is 0 Å². The maximum atomic E-state index is 10.5. The van der Waals surface area contributed by atoms with E-state index in [4.69, 9.17) is 0 Å². The summed E-state index contributed by atoms with van der Waals surface area (Å²) in [6.45, 7) is 0. The summed E-state index contributed by atoms with van der Waals surface area (Å²) in [5.41, 5.74) is -0.457. The largest absolute Gasteiger partial charge is 0.380 e. The number of nitro benzene ring substituents is 1. The number of rotatable bonds is 3. The molecule has 1 rings (SSSR count). The van der Waals surface area contributed by atoms with Gasteiger partial charge in [0.25, 0.3) is 0 Å². The molecule has 2 N–H and O–H groups in total. The van der Waals surface area contributed by atoms with Crippen molar-refractivity contribution in [3.05, 3.63) is 34.4 Å². The molecule has 0 saturated heterocycles. The van der Waals surface area contributed by atoms with Gasteiger partial charge in [0.1, 0.15) is 0 Å². The number of nitro groups is 1. The summed E-state index contributed by atoms with van der Waals surface area (Å²) >= 11 is 0. The lowest BCUT2D eigenvalue weighted by Gasteiger charge is -2.01. The zero-order chi connectivity index (χ0) is 10.8. The summed E-state index contributed by atoms with van der Waals surface area (Å²) in [5.74, 6) is -0.403. The Kier molecular flexibility index (Phi) is 2.68. The third-order valence-corrected chi connectivity index (χ3v) is 1.68. The molecule has 0 amide bonds. The first-order chi connectivity index (χ1) is 6.40.